The van der Waals surface area contributed by atoms with Gasteiger partial charge in [-0.25, -0.2) is 14.5 Å². The number of aromatic nitrogens is 4. The minimum Gasteiger partial charge on any atom is -0.225 e. The van der Waals surface area contributed by atoms with Gasteiger partial charge in [0.2, 0.25) is 0 Å². The molecule has 23 heavy (non-hydrogen) atoms. The summed E-state index contributed by atoms with van der Waals surface area (Å²) in [5.41, 5.74) is 3.32. The molecule has 0 aliphatic heterocycles. The lowest BCUT2D eigenvalue weighted by Gasteiger charge is -2.09. The molecule has 0 saturated carbocycles. The van der Waals surface area contributed by atoms with Crippen molar-refractivity contribution in [1.29, 1.82) is 0 Å². The van der Waals surface area contributed by atoms with Crippen LogP contribution in [0, 0.1) is 0 Å². The second-order valence-corrected chi connectivity index (χ2v) is 7.37. The molecule has 4 nitrogen and oxygen atoms in total. The van der Waals surface area contributed by atoms with Gasteiger partial charge < -0.3 is 0 Å². The molecule has 1 aliphatic carbocycles. The molecule has 4 aromatic rings. The number of aryl methyl sites for hydroxylation is 2. The van der Waals surface area contributed by atoms with Gasteiger partial charge in [-0.3, -0.25) is 0 Å². The maximum absolute atomic E-state index is 5.97. The zero-order chi connectivity index (χ0) is 15.4. The Bertz CT molecular complexity index is 1030. The third-order valence-corrected chi connectivity index (χ3v) is 5.85. The molecule has 0 bridgehead atoms. The molecule has 0 atom stereocenters. The number of hydrogen-bond donors (Lipinski definition) is 0. The number of hydrogen-bond acceptors (Lipinski definition) is 4. The molecule has 5 rings (SSSR count). The third-order valence-electron chi connectivity index (χ3n) is 4.39. The van der Waals surface area contributed by atoms with E-state index in [-0.39, 0.29) is 0 Å². The molecular formula is C17H13ClN4S. The van der Waals surface area contributed by atoms with E-state index in [4.69, 9.17) is 16.6 Å². The Hall–Kier alpha value is -1.98. The van der Waals surface area contributed by atoms with Gasteiger partial charge in [0.05, 0.1) is 5.39 Å². The van der Waals surface area contributed by atoms with E-state index >= 15 is 0 Å². The summed E-state index contributed by atoms with van der Waals surface area (Å²) in [5, 5.41) is 6.51. The summed E-state index contributed by atoms with van der Waals surface area (Å²) >= 11 is 7.78. The fourth-order valence-corrected chi connectivity index (χ4v) is 4.63. The molecule has 6 heteroatoms. The van der Waals surface area contributed by atoms with Crippen LogP contribution in [0.5, 0.6) is 0 Å². The van der Waals surface area contributed by atoms with E-state index in [0.717, 1.165) is 22.5 Å². The van der Waals surface area contributed by atoms with Crippen molar-refractivity contribution in [3.63, 3.8) is 0 Å². The molecule has 0 spiro atoms. The summed E-state index contributed by atoms with van der Waals surface area (Å²) in [6.45, 7) is 0. The fraction of sp³-hybridized carbons (Fsp3) is 0.235. The highest BCUT2D eigenvalue weighted by molar-refractivity contribution is 7.19. The van der Waals surface area contributed by atoms with Gasteiger partial charge >= 0.3 is 0 Å². The Morgan fingerprint density at radius 2 is 1.91 bits per heavy atom. The molecule has 3 aromatic heterocycles. The van der Waals surface area contributed by atoms with E-state index in [1.165, 1.54) is 35.1 Å². The van der Waals surface area contributed by atoms with Crippen molar-refractivity contribution in [2.75, 3.05) is 0 Å². The first-order valence-electron chi connectivity index (χ1n) is 7.71. The van der Waals surface area contributed by atoms with Crippen molar-refractivity contribution in [3.05, 3.63) is 46.1 Å². The molecule has 0 amide bonds. The van der Waals surface area contributed by atoms with E-state index in [0.29, 0.717) is 10.8 Å². The van der Waals surface area contributed by atoms with Crippen LogP contribution in [0.3, 0.4) is 0 Å². The van der Waals surface area contributed by atoms with Crippen LogP contribution in [0.25, 0.3) is 27.3 Å². The summed E-state index contributed by atoms with van der Waals surface area (Å²) in [7, 11) is 0. The lowest BCUT2D eigenvalue weighted by molar-refractivity contribution is 0.700. The average Bonchev–Trinajstić information content (AvgIpc) is 3.16. The molecule has 0 radical (unpaired) electrons. The van der Waals surface area contributed by atoms with Crippen molar-refractivity contribution in [1.82, 2.24) is 19.6 Å². The van der Waals surface area contributed by atoms with E-state index < -0.39 is 0 Å². The molecule has 0 saturated heterocycles. The monoisotopic (exact) mass is 340 g/mol. The van der Waals surface area contributed by atoms with Gasteiger partial charge in [0, 0.05) is 15.5 Å². The third kappa shape index (κ3) is 2.07. The van der Waals surface area contributed by atoms with E-state index in [1.54, 1.807) is 10.8 Å². The van der Waals surface area contributed by atoms with Crippen LogP contribution in [-0.2, 0) is 12.8 Å². The highest BCUT2D eigenvalue weighted by Crippen LogP contribution is 2.37. The number of thiophene rings is 1. The Morgan fingerprint density at radius 3 is 2.78 bits per heavy atom. The Kier molecular flexibility index (Phi) is 2.93. The van der Waals surface area contributed by atoms with Crippen LogP contribution in [0.4, 0.5) is 0 Å². The van der Waals surface area contributed by atoms with Crippen LogP contribution in [0.1, 0.15) is 23.3 Å². The quantitative estimate of drug-likeness (QED) is 0.511. The predicted octanol–water partition coefficient (Wildman–Crippen LogP) is 4.54. The van der Waals surface area contributed by atoms with Crippen LogP contribution >= 0.6 is 22.9 Å². The molecule has 0 unspecified atom stereocenters. The van der Waals surface area contributed by atoms with Gasteiger partial charge in [-0.05, 0) is 55.5 Å². The smallest absolute Gasteiger partial charge is 0.182 e. The standard InChI is InChI=1S/C17H13ClN4S/c18-11-7-5-10(6-8-11)15-20-16-14-12-3-1-2-4-13(12)23-17(14)19-9-22(16)21-15/h5-9H,1-4H2. The lowest BCUT2D eigenvalue weighted by atomic mass is 9.97. The minimum absolute atomic E-state index is 0.715. The van der Waals surface area contributed by atoms with Gasteiger partial charge in [-0.15, -0.1) is 16.4 Å². The van der Waals surface area contributed by atoms with Crippen LogP contribution in [-0.4, -0.2) is 19.6 Å². The van der Waals surface area contributed by atoms with E-state index in [1.807, 2.05) is 35.6 Å². The van der Waals surface area contributed by atoms with Gasteiger partial charge in [-0.2, -0.15) is 0 Å². The van der Waals surface area contributed by atoms with Gasteiger partial charge in [0.15, 0.2) is 11.5 Å². The topological polar surface area (TPSA) is 43.1 Å². The SMILES string of the molecule is Clc1ccc(-c2nc3c4c5c(sc4ncn3n2)CCCC5)cc1. The normalized spacial score (nSPS) is 14.5. The number of benzene rings is 1. The second-order valence-electron chi connectivity index (χ2n) is 5.85. The maximum atomic E-state index is 5.97. The van der Waals surface area contributed by atoms with E-state index in [9.17, 15) is 0 Å². The summed E-state index contributed by atoms with van der Waals surface area (Å²) in [6.07, 6.45) is 6.59. The Balaban J connectivity index is 1.77. The molecule has 0 N–H and O–H groups in total. The molecule has 0 fully saturated rings. The summed E-state index contributed by atoms with van der Waals surface area (Å²) in [4.78, 5) is 11.9. The second kappa shape index (κ2) is 5.01. The van der Waals surface area contributed by atoms with Gasteiger partial charge in [0.25, 0.3) is 0 Å². The minimum atomic E-state index is 0.715. The van der Waals surface area contributed by atoms with Crippen molar-refractivity contribution in [2.45, 2.75) is 25.7 Å². The zero-order valence-electron chi connectivity index (χ0n) is 12.3. The van der Waals surface area contributed by atoms with Crippen LogP contribution < -0.4 is 0 Å². The van der Waals surface area contributed by atoms with Crippen LogP contribution in [0.15, 0.2) is 30.6 Å². The van der Waals surface area contributed by atoms with Gasteiger partial charge in [-0.1, -0.05) is 11.6 Å². The zero-order valence-corrected chi connectivity index (χ0v) is 13.9. The van der Waals surface area contributed by atoms with Crippen molar-refractivity contribution >= 4 is 38.8 Å². The number of fused-ring (bicyclic) bond motifs is 5. The Morgan fingerprint density at radius 1 is 1.09 bits per heavy atom. The lowest BCUT2D eigenvalue weighted by Crippen LogP contribution is -1.99. The first-order chi connectivity index (χ1) is 11.3. The highest BCUT2D eigenvalue weighted by atomic mass is 35.5. The highest BCUT2D eigenvalue weighted by Gasteiger charge is 2.20. The number of rotatable bonds is 1. The number of halogens is 1. The van der Waals surface area contributed by atoms with E-state index in [2.05, 4.69) is 10.1 Å². The predicted molar refractivity (Wildman–Crippen MR) is 93.3 cm³/mol. The molecule has 1 aliphatic rings. The summed E-state index contributed by atoms with van der Waals surface area (Å²) < 4.78 is 1.80. The first kappa shape index (κ1) is 13.5. The van der Waals surface area contributed by atoms with Crippen molar-refractivity contribution in [2.24, 2.45) is 0 Å². The van der Waals surface area contributed by atoms with Crippen molar-refractivity contribution < 1.29 is 0 Å². The number of nitrogens with zero attached hydrogens (tertiary/aromatic N) is 4. The molecule has 3 heterocycles. The summed E-state index contributed by atoms with van der Waals surface area (Å²) in [6, 6.07) is 7.63. The van der Waals surface area contributed by atoms with Crippen LogP contribution in [0.2, 0.25) is 5.02 Å². The summed E-state index contributed by atoms with van der Waals surface area (Å²) in [5.74, 6) is 0.715. The first-order valence-corrected chi connectivity index (χ1v) is 8.90. The average molecular weight is 341 g/mol. The maximum Gasteiger partial charge on any atom is 0.182 e. The molecule has 1 aromatic carbocycles. The van der Waals surface area contributed by atoms with Crippen molar-refractivity contribution in [3.8, 4) is 11.4 Å². The van der Waals surface area contributed by atoms with Gasteiger partial charge in [0.1, 0.15) is 11.2 Å². The molecular weight excluding hydrogens is 328 g/mol. The largest absolute Gasteiger partial charge is 0.225 e. The fourth-order valence-electron chi connectivity index (χ4n) is 3.28. The Labute approximate surface area is 141 Å². The molecule has 114 valence electrons.